The first-order chi connectivity index (χ1) is 45.6. The number of rotatable bonds is 8. The van der Waals surface area contributed by atoms with Crippen LogP contribution in [-0.2, 0) is 16.2 Å². The molecule has 14 aromatic rings. The highest BCUT2D eigenvalue weighted by Gasteiger charge is 2.54. The van der Waals surface area contributed by atoms with Gasteiger partial charge in [0.25, 0.3) is 0 Å². The molecular weight excluding hydrogens is 1110 g/mol. The van der Waals surface area contributed by atoms with E-state index in [0.29, 0.717) is 0 Å². The Morgan fingerprint density at radius 1 is 0.359 bits per heavy atom. The van der Waals surface area contributed by atoms with Crippen molar-refractivity contribution < 1.29 is 4.74 Å². The van der Waals surface area contributed by atoms with E-state index in [1.54, 1.807) is 0 Å². The molecule has 1 atom stereocenters. The number of fused-ring (bicyclic) bond motifs is 26. The number of allylic oxidation sites excluding steroid dienone is 5. The van der Waals surface area contributed by atoms with E-state index in [1.807, 2.05) is 6.08 Å². The highest BCUT2D eigenvalue weighted by Crippen LogP contribution is 2.67. The molecule has 14 aromatic carbocycles. The van der Waals surface area contributed by atoms with Crippen LogP contribution in [0, 0.1) is 0 Å². The second kappa shape index (κ2) is 19.7. The average Bonchev–Trinajstić information content (AvgIpc) is 1.46. The minimum Gasteiger partial charge on any atom is -0.455 e. The first-order valence-corrected chi connectivity index (χ1v) is 32.1. The number of hydrogen-bond acceptors (Lipinski definition) is 2. The van der Waals surface area contributed by atoms with Crippen molar-refractivity contribution in [1.82, 2.24) is 0 Å². The molecule has 4 aliphatic carbocycles. The minimum absolute atomic E-state index is 0.536. The van der Waals surface area contributed by atoms with Crippen LogP contribution in [0.15, 0.2) is 340 Å². The normalized spacial score (nSPS) is 15.8. The predicted octanol–water partition coefficient (Wildman–Crippen LogP) is 22.9. The van der Waals surface area contributed by atoms with Gasteiger partial charge in [-0.3, -0.25) is 0 Å². The van der Waals surface area contributed by atoms with Gasteiger partial charge in [0.05, 0.1) is 21.9 Å². The topological polar surface area (TPSA) is 12.5 Å². The van der Waals surface area contributed by atoms with Crippen LogP contribution in [-0.4, -0.2) is 0 Å². The second-order valence-electron chi connectivity index (χ2n) is 25.2. The summed E-state index contributed by atoms with van der Waals surface area (Å²) in [7, 11) is 0. The summed E-state index contributed by atoms with van der Waals surface area (Å²) in [4.78, 5) is 2.55. The van der Waals surface area contributed by atoms with E-state index in [0.717, 1.165) is 77.9 Å². The Morgan fingerprint density at radius 3 is 1.39 bits per heavy atom. The number of benzene rings is 14. The van der Waals surface area contributed by atoms with Crippen LogP contribution in [0.2, 0.25) is 0 Å². The predicted molar refractivity (Wildman–Crippen MR) is 380 cm³/mol. The summed E-state index contributed by atoms with van der Waals surface area (Å²) in [5, 5.41) is 4.52. The standard InChI is InChI=1S/C90H59NO/c1-3-23-61(24-4-2)88(62-27-6-5-7-28-62)78-40-21-16-35-73(78)85-79(88)41-22-42-84(85)91(64-50-52-72-70-34-14-19-38-76(70)89(83(72)56-64)74-36-17-12-31-67(74)68-32-13-18-37-75(68)89)63-48-43-57(44-49-63)60-45-51-71-69-33-15-20-39-77(69)90(82(71)55-60)80-53-46-58-25-8-10-29-65(58)86(80)92-87-66-30-11-9-26-59(66)47-54-81(87)90/h3-56H,1H2,2H3/b24-4-,61-23+. The van der Waals surface area contributed by atoms with Crippen LogP contribution in [0.1, 0.15) is 68.1 Å². The zero-order valence-corrected chi connectivity index (χ0v) is 50.7. The molecule has 430 valence electrons. The molecule has 0 fully saturated rings. The van der Waals surface area contributed by atoms with Crippen LogP contribution >= 0.6 is 0 Å². The molecular formula is C90H59NO. The summed E-state index contributed by atoms with van der Waals surface area (Å²) >= 11 is 0. The van der Waals surface area contributed by atoms with Gasteiger partial charge in [0, 0.05) is 38.8 Å². The third-order valence-electron chi connectivity index (χ3n) is 21.1. The third kappa shape index (κ3) is 6.77. The average molecular weight is 1170 g/mol. The van der Waals surface area contributed by atoms with Crippen LogP contribution < -0.4 is 9.64 Å². The Hall–Kier alpha value is -11.6. The molecule has 1 aliphatic heterocycles. The van der Waals surface area contributed by atoms with Crippen LogP contribution in [0.4, 0.5) is 17.1 Å². The van der Waals surface area contributed by atoms with Crippen LogP contribution in [0.3, 0.4) is 0 Å². The van der Waals surface area contributed by atoms with Crippen molar-refractivity contribution >= 4 is 38.6 Å². The van der Waals surface area contributed by atoms with Crippen LogP contribution in [0.5, 0.6) is 11.5 Å². The fraction of sp³-hybridized carbons (Fsp3) is 0.0444. The van der Waals surface area contributed by atoms with E-state index < -0.39 is 16.2 Å². The summed E-state index contributed by atoms with van der Waals surface area (Å²) in [5.74, 6) is 1.83. The zero-order valence-electron chi connectivity index (χ0n) is 50.7. The van der Waals surface area contributed by atoms with Gasteiger partial charge in [0.1, 0.15) is 11.5 Å². The van der Waals surface area contributed by atoms with E-state index in [9.17, 15) is 0 Å². The van der Waals surface area contributed by atoms with Crippen molar-refractivity contribution in [3.63, 3.8) is 0 Å². The summed E-state index contributed by atoms with van der Waals surface area (Å²) in [6.45, 7) is 6.43. The molecule has 1 heterocycles. The van der Waals surface area contributed by atoms with Gasteiger partial charge in [0.2, 0.25) is 0 Å². The molecule has 5 aliphatic rings. The van der Waals surface area contributed by atoms with Gasteiger partial charge in [0.15, 0.2) is 0 Å². The minimum atomic E-state index is -0.673. The van der Waals surface area contributed by atoms with Crippen molar-refractivity contribution in [3.8, 4) is 67.1 Å². The molecule has 0 amide bonds. The maximum atomic E-state index is 7.34. The molecule has 2 spiro atoms. The summed E-state index contributed by atoms with van der Waals surface area (Å²) in [5.41, 5.74) is 28.6. The monoisotopic (exact) mass is 1170 g/mol. The summed E-state index contributed by atoms with van der Waals surface area (Å²) in [6, 6.07) is 114. The van der Waals surface area contributed by atoms with Gasteiger partial charge in [-0.2, -0.15) is 0 Å². The Morgan fingerprint density at radius 2 is 0.815 bits per heavy atom. The van der Waals surface area contributed by atoms with Crippen molar-refractivity contribution in [2.24, 2.45) is 0 Å². The lowest BCUT2D eigenvalue weighted by Gasteiger charge is -2.40. The van der Waals surface area contributed by atoms with Gasteiger partial charge in [-0.15, -0.1) is 0 Å². The van der Waals surface area contributed by atoms with E-state index in [4.69, 9.17) is 4.74 Å². The van der Waals surface area contributed by atoms with Gasteiger partial charge >= 0.3 is 0 Å². The number of ether oxygens (including phenoxy) is 1. The molecule has 0 saturated heterocycles. The van der Waals surface area contributed by atoms with Crippen LogP contribution in [0.25, 0.3) is 77.2 Å². The number of hydrogen-bond donors (Lipinski definition) is 0. The Kier molecular flexibility index (Phi) is 11.2. The van der Waals surface area contributed by atoms with Crippen molar-refractivity contribution in [3.05, 3.63) is 401 Å². The largest absolute Gasteiger partial charge is 0.455 e. The molecule has 92 heavy (non-hydrogen) atoms. The molecule has 2 heteroatoms. The third-order valence-corrected chi connectivity index (χ3v) is 21.1. The first kappa shape index (κ1) is 52.4. The molecule has 19 rings (SSSR count). The Labute approximate surface area is 536 Å². The van der Waals surface area contributed by atoms with Gasteiger partial charge < -0.3 is 9.64 Å². The quantitative estimate of drug-likeness (QED) is 0.141. The fourth-order valence-corrected chi connectivity index (χ4v) is 17.6. The Bertz CT molecular complexity index is 5400. The fourth-order valence-electron chi connectivity index (χ4n) is 17.6. The maximum absolute atomic E-state index is 7.34. The smallest absolute Gasteiger partial charge is 0.140 e. The first-order valence-electron chi connectivity index (χ1n) is 32.1. The SMILES string of the molecule is C=C/C=C(\C=C/C)C1(c2ccccc2)c2ccccc2-c2c(N(c3ccc(-c4ccc5c(c4)C4(c6ccccc6-5)c5ccc6ccccc6c5Oc5c4ccc4ccccc54)cc3)c3ccc4c(c3)C3(c5ccccc5-c5ccccc53)c3ccccc3-4)cccc21. The highest BCUT2D eigenvalue weighted by atomic mass is 16.5. The van der Waals surface area contributed by atoms with Gasteiger partial charge in [-0.25, -0.2) is 0 Å². The number of nitrogens with zero attached hydrogens (tertiary/aromatic N) is 1. The van der Waals surface area contributed by atoms with E-state index >= 15 is 0 Å². The maximum Gasteiger partial charge on any atom is 0.140 e. The lowest BCUT2D eigenvalue weighted by Crippen LogP contribution is -2.32. The lowest BCUT2D eigenvalue weighted by atomic mass is 9.65. The van der Waals surface area contributed by atoms with Crippen molar-refractivity contribution in [2.45, 2.75) is 23.2 Å². The highest BCUT2D eigenvalue weighted by molar-refractivity contribution is 6.03. The molecule has 2 nitrogen and oxygen atoms in total. The van der Waals surface area contributed by atoms with Crippen molar-refractivity contribution in [2.75, 3.05) is 4.90 Å². The van der Waals surface area contributed by atoms with E-state index in [1.165, 1.54) is 94.6 Å². The van der Waals surface area contributed by atoms with Gasteiger partial charge in [-0.05, 0) is 160 Å². The summed E-state index contributed by atoms with van der Waals surface area (Å²) < 4.78 is 7.34. The van der Waals surface area contributed by atoms with Crippen molar-refractivity contribution in [1.29, 1.82) is 0 Å². The molecule has 0 N–H and O–H groups in total. The molecule has 0 aromatic heterocycles. The molecule has 0 radical (unpaired) electrons. The zero-order chi connectivity index (χ0) is 60.9. The lowest BCUT2D eigenvalue weighted by molar-refractivity contribution is 0.447. The van der Waals surface area contributed by atoms with E-state index in [2.05, 4.69) is 340 Å². The van der Waals surface area contributed by atoms with E-state index in [-0.39, 0.29) is 0 Å². The summed E-state index contributed by atoms with van der Waals surface area (Å²) in [6.07, 6.45) is 8.60. The van der Waals surface area contributed by atoms with Gasteiger partial charge in [-0.1, -0.05) is 298 Å². The Balaban J connectivity index is 0.844. The molecule has 0 saturated carbocycles. The number of anilines is 3. The second-order valence-corrected chi connectivity index (χ2v) is 25.2. The molecule has 1 unspecified atom stereocenters. The molecule has 0 bridgehead atoms.